The van der Waals surface area contributed by atoms with Crippen LogP contribution in [-0.2, 0) is 9.59 Å². The summed E-state index contributed by atoms with van der Waals surface area (Å²) in [5, 5.41) is 9.22. The van der Waals surface area contributed by atoms with Gasteiger partial charge in [0, 0.05) is 19.5 Å². The van der Waals surface area contributed by atoms with Gasteiger partial charge in [-0.2, -0.15) is 0 Å². The molecule has 0 aromatic rings. The Labute approximate surface area is 159 Å². The summed E-state index contributed by atoms with van der Waals surface area (Å²) in [4.78, 5) is 23.6. The van der Waals surface area contributed by atoms with E-state index in [1.54, 1.807) is 0 Å². The summed E-state index contributed by atoms with van der Waals surface area (Å²) in [7, 11) is 0. The Morgan fingerprint density at radius 2 is 2.16 bits per heavy atom. The van der Waals surface area contributed by atoms with Crippen molar-refractivity contribution in [3.8, 4) is 0 Å². The fourth-order valence-electron chi connectivity index (χ4n) is 2.22. The maximum absolute atomic E-state index is 11.9. The summed E-state index contributed by atoms with van der Waals surface area (Å²) in [5.41, 5.74) is 0. The van der Waals surface area contributed by atoms with Gasteiger partial charge >= 0.3 is 51.4 Å². The molecule has 1 heterocycles. The Bertz CT molecular complexity index is 287. The van der Waals surface area contributed by atoms with Gasteiger partial charge in [0.2, 0.25) is 5.91 Å². The van der Waals surface area contributed by atoms with E-state index in [1.165, 1.54) is 0 Å². The summed E-state index contributed by atoms with van der Waals surface area (Å²) in [6, 6.07) is -0.250. The number of rotatable bonds is 7. The molecule has 0 aromatic heterocycles. The van der Waals surface area contributed by atoms with Crippen molar-refractivity contribution in [3.05, 3.63) is 0 Å². The first-order valence-electron chi connectivity index (χ1n) is 6.93. The van der Waals surface area contributed by atoms with Crippen LogP contribution < -0.4 is 67.3 Å². The molecule has 1 rings (SSSR count). The molecule has 2 atom stereocenters. The summed E-state index contributed by atoms with van der Waals surface area (Å²) in [6.45, 7) is 6.69. The maximum atomic E-state index is 11.9. The van der Waals surface area contributed by atoms with Crippen LogP contribution in [0.4, 0.5) is 0 Å². The molecule has 0 saturated carbocycles. The molecule has 1 fully saturated rings. The van der Waals surface area contributed by atoms with Crippen LogP contribution in [0.2, 0.25) is 0 Å². The molecular formula is C13H26KN3O2. The minimum absolute atomic E-state index is 0. The number of likely N-dealkylation sites (N-methyl/N-ethyl adjacent to an activating group) is 1. The van der Waals surface area contributed by atoms with E-state index in [0.717, 1.165) is 32.5 Å². The molecule has 19 heavy (non-hydrogen) atoms. The van der Waals surface area contributed by atoms with Crippen LogP contribution in [0.15, 0.2) is 0 Å². The summed E-state index contributed by atoms with van der Waals surface area (Å²) >= 11 is 0. The second-order valence-electron chi connectivity index (χ2n) is 4.72. The van der Waals surface area contributed by atoms with Crippen molar-refractivity contribution in [1.29, 1.82) is 0 Å². The average Bonchev–Trinajstić information content (AvgIpc) is 2.43. The Kier molecular flexibility index (Phi) is 11.8. The number of amides is 1. The van der Waals surface area contributed by atoms with Gasteiger partial charge in [0.05, 0.1) is 12.0 Å². The van der Waals surface area contributed by atoms with E-state index in [9.17, 15) is 9.59 Å². The summed E-state index contributed by atoms with van der Waals surface area (Å²) in [5.74, 6) is 0.269. The molecule has 0 aromatic carbocycles. The van der Waals surface area contributed by atoms with Gasteiger partial charge < -0.3 is 17.4 Å². The fraction of sp³-hybridized carbons (Fsp3) is 0.846. The van der Waals surface area contributed by atoms with Crippen molar-refractivity contribution in [2.24, 2.45) is 5.92 Å². The van der Waals surface area contributed by atoms with Gasteiger partial charge in [0.15, 0.2) is 5.78 Å². The van der Waals surface area contributed by atoms with Crippen molar-refractivity contribution in [2.45, 2.75) is 39.2 Å². The van der Waals surface area contributed by atoms with Crippen LogP contribution >= 0.6 is 0 Å². The van der Waals surface area contributed by atoms with E-state index in [1.807, 2.05) is 13.8 Å². The number of carbonyl (C=O) groups excluding carboxylic acids is 2. The SMILES string of the molecule is CCN[C@@H](CNC(=O)C1CCCNC1)C(=O)CC.[H-].[K+]. The average molecular weight is 295 g/mol. The quantitative estimate of drug-likeness (QED) is 0.443. The number of hydrogen-bond donors (Lipinski definition) is 3. The molecule has 1 saturated heterocycles. The van der Waals surface area contributed by atoms with E-state index in [2.05, 4.69) is 16.0 Å². The number of nitrogens with one attached hydrogen (secondary N) is 3. The Balaban J connectivity index is 0. The van der Waals surface area contributed by atoms with E-state index in [4.69, 9.17) is 0 Å². The van der Waals surface area contributed by atoms with Gasteiger partial charge in [-0.1, -0.05) is 13.8 Å². The molecule has 0 bridgehead atoms. The molecular weight excluding hydrogens is 269 g/mol. The molecule has 3 N–H and O–H groups in total. The Hall–Kier alpha value is 0.696. The number of carbonyl (C=O) groups is 2. The number of ketones is 1. The van der Waals surface area contributed by atoms with Crippen LogP contribution in [0.3, 0.4) is 0 Å². The van der Waals surface area contributed by atoms with Gasteiger partial charge in [0.25, 0.3) is 0 Å². The third-order valence-electron chi connectivity index (χ3n) is 3.34. The molecule has 106 valence electrons. The minimum atomic E-state index is -0.250. The standard InChI is InChI=1S/C13H25N3O2.K.H/c1-3-12(17)11(15-4-2)9-16-13(18)10-6-5-7-14-8-10;;/h10-11,14-15H,3-9H2,1-2H3,(H,16,18);;/q;+1;-1/t10?,11-;;/m0../s1. The first-order chi connectivity index (χ1) is 8.69. The number of piperidine rings is 1. The van der Waals surface area contributed by atoms with Crippen molar-refractivity contribution in [2.75, 3.05) is 26.2 Å². The van der Waals surface area contributed by atoms with E-state index >= 15 is 0 Å². The van der Waals surface area contributed by atoms with Gasteiger partial charge in [-0.3, -0.25) is 9.59 Å². The van der Waals surface area contributed by atoms with Crippen LogP contribution in [0, 0.1) is 5.92 Å². The van der Waals surface area contributed by atoms with E-state index in [0.29, 0.717) is 13.0 Å². The number of Topliss-reactive ketones (excluding diaryl/α,β-unsaturated/α-hetero) is 1. The molecule has 0 radical (unpaired) electrons. The molecule has 0 spiro atoms. The number of hydrogen-bond acceptors (Lipinski definition) is 4. The van der Waals surface area contributed by atoms with Crippen molar-refractivity contribution in [3.63, 3.8) is 0 Å². The third-order valence-corrected chi connectivity index (χ3v) is 3.34. The molecule has 0 aliphatic carbocycles. The van der Waals surface area contributed by atoms with Crippen LogP contribution in [0.5, 0.6) is 0 Å². The van der Waals surface area contributed by atoms with Crippen LogP contribution in [0.25, 0.3) is 0 Å². The van der Waals surface area contributed by atoms with Crippen LogP contribution in [-0.4, -0.2) is 43.9 Å². The zero-order valence-corrected chi connectivity index (χ0v) is 15.5. The second kappa shape index (κ2) is 11.4. The predicted molar refractivity (Wildman–Crippen MR) is 72.5 cm³/mol. The Morgan fingerprint density at radius 3 is 2.68 bits per heavy atom. The monoisotopic (exact) mass is 295 g/mol. The smallest absolute Gasteiger partial charge is 1.00 e. The largest absolute Gasteiger partial charge is 1.00 e. The second-order valence-corrected chi connectivity index (χ2v) is 4.72. The zero-order valence-electron chi connectivity index (χ0n) is 13.4. The first kappa shape index (κ1) is 19.7. The minimum Gasteiger partial charge on any atom is -1.00 e. The van der Waals surface area contributed by atoms with E-state index in [-0.39, 0.29) is 76.5 Å². The summed E-state index contributed by atoms with van der Waals surface area (Å²) < 4.78 is 0. The van der Waals surface area contributed by atoms with Crippen molar-refractivity contribution in [1.82, 2.24) is 16.0 Å². The molecule has 1 aliphatic heterocycles. The molecule has 1 amide bonds. The van der Waals surface area contributed by atoms with E-state index < -0.39 is 0 Å². The topological polar surface area (TPSA) is 70.2 Å². The summed E-state index contributed by atoms with van der Waals surface area (Å²) in [6.07, 6.45) is 2.48. The zero-order chi connectivity index (χ0) is 13.4. The first-order valence-corrected chi connectivity index (χ1v) is 6.93. The molecule has 5 nitrogen and oxygen atoms in total. The van der Waals surface area contributed by atoms with Crippen LogP contribution in [0.1, 0.15) is 34.5 Å². The molecule has 1 unspecified atom stereocenters. The molecule has 1 aliphatic rings. The molecule has 6 heteroatoms. The van der Waals surface area contributed by atoms with Crippen molar-refractivity contribution >= 4 is 11.7 Å². The van der Waals surface area contributed by atoms with Gasteiger partial charge in [0.1, 0.15) is 0 Å². The van der Waals surface area contributed by atoms with Gasteiger partial charge in [-0.15, -0.1) is 0 Å². The third kappa shape index (κ3) is 7.31. The fourth-order valence-corrected chi connectivity index (χ4v) is 2.22. The van der Waals surface area contributed by atoms with Crippen molar-refractivity contribution < 1.29 is 62.4 Å². The predicted octanol–water partition coefficient (Wildman–Crippen LogP) is -2.82. The van der Waals surface area contributed by atoms with Gasteiger partial charge in [-0.25, -0.2) is 0 Å². The maximum Gasteiger partial charge on any atom is 1.00 e. The Morgan fingerprint density at radius 1 is 1.42 bits per heavy atom. The van der Waals surface area contributed by atoms with Gasteiger partial charge in [-0.05, 0) is 25.9 Å². The normalized spacial score (nSPS) is 20.2.